The topological polar surface area (TPSA) is 47.4 Å². The second-order valence-electron chi connectivity index (χ2n) is 4.44. The Morgan fingerprint density at radius 1 is 1.42 bits per heavy atom. The zero-order valence-corrected chi connectivity index (χ0v) is 11.3. The molecule has 1 aromatic carbocycles. The Hall–Kier alpha value is -2.30. The van der Waals surface area contributed by atoms with Gasteiger partial charge >= 0.3 is 0 Å². The maximum absolute atomic E-state index is 11.5. The first-order chi connectivity index (χ1) is 9.06. The highest BCUT2D eigenvalue weighted by molar-refractivity contribution is 5.77. The van der Waals surface area contributed by atoms with E-state index in [1.807, 2.05) is 25.4 Å². The number of rotatable bonds is 4. The van der Waals surface area contributed by atoms with Gasteiger partial charge in [-0.05, 0) is 29.8 Å². The molecule has 5 nitrogen and oxygen atoms in total. The number of aryl methyl sites for hydroxylation is 1. The third-order valence-corrected chi connectivity index (χ3v) is 2.66. The van der Waals surface area contributed by atoms with Gasteiger partial charge in [-0.3, -0.25) is 9.48 Å². The fourth-order valence-electron chi connectivity index (χ4n) is 1.54. The van der Waals surface area contributed by atoms with Gasteiger partial charge in [-0.25, -0.2) is 0 Å². The molecule has 0 N–H and O–H groups in total. The number of nitrogens with zero attached hydrogens (tertiary/aromatic N) is 3. The van der Waals surface area contributed by atoms with E-state index in [0.29, 0.717) is 5.75 Å². The third kappa shape index (κ3) is 3.34. The van der Waals surface area contributed by atoms with Crippen LogP contribution in [-0.2, 0) is 11.8 Å². The van der Waals surface area contributed by atoms with Crippen LogP contribution in [0.3, 0.4) is 0 Å². The van der Waals surface area contributed by atoms with E-state index >= 15 is 0 Å². The number of carbonyl (C=O) groups excluding carboxylic acids is 1. The molecule has 1 heterocycles. The highest BCUT2D eigenvalue weighted by Crippen LogP contribution is 2.22. The molecule has 5 heteroatoms. The van der Waals surface area contributed by atoms with Gasteiger partial charge in [-0.15, -0.1) is 0 Å². The summed E-state index contributed by atoms with van der Waals surface area (Å²) in [6.07, 6.45) is 3.69. The molecule has 19 heavy (non-hydrogen) atoms. The van der Waals surface area contributed by atoms with Crippen LogP contribution in [0.1, 0.15) is 0 Å². The quantitative estimate of drug-likeness (QED) is 0.831. The predicted octanol–water partition coefficient (Wildman–Crippen LogP) is 1.35. The Morgan fingerprint density at radius 2 is 2.21 bits per heavy atom. The zero-order chi connectivity index (χ0) is 13.8. The van der Waals surface area contributed by atoms with E-state index in [0.717, 1.165) is 11.1 Å². The predicted molar refractivity (Wildman–Crippen MR) is 71.7 cm³/mol. The lowest BCUT2D eigenvalue weighted by Gasteiger charge is -2.11. The number of hydrogen-bond donors (Lipinski definition) is 0. The summed E-state index contributed by atoms with van der Waals surface area (Å²) in [6, 6.07) is 8.44. The largest absolute Gasteiger partial charge is 0.484 e. The van der Waals surface area contributed by atoms with Gasteiger partial charge in [-0.2, -0.15) is 5.10 Å². The minimum absolute atomic E-state index is 0.0251. The van der Waals surface area contributed by atoms with Crippen molar-refractivity contribution in [2.75, 3.05) is 20.7 Å². The van der Waals surface area contributed by atoms with Crippen LogP contribution in [0.25, 0.3) is 11.1 Å². The summed E-state index contributed by atoms with van der Waals surface area (Å²) in [4.78, 5) is 12.9. The lowest BCUT2D eigenvalue weighted by Crippen LogP contribution is -2.27. The molecule has 2 rings (SSSR count). The second-order valence-corrected chi connectivity index (χ2v) is 4.44. The zero-order valence-electron chi connectivity index (χ0n) is 11.3. The molecule has 1 radical (unpaired) electrons. The number of likely N-dealkylation sites (N-methyl/N-ethyl adjacent to an activating group) is 1. The number of hydrogen-bond acceptors (Lipinski definition) is 3. The Kier molecular flexibility index (Phi) is 3.85. The fourth-order valence-corrected chi connectivity index (χ4v) is 1.54. The van der Waals surface area contributed by atoms with E-state index < -0.39 is 0 Å². The number of carbonyl (C=O) groups is 1. The molecule has 2 aromatic rings. The molecule has 0 spiro atoms. The van der Waals surface area contributed by atoms with Crippen LogP contribution < -0.4 is 4.74 Å². The van der Waals surface area contributed by atoms with E-state index in [-0.39, 0.29) is 12.5 Å². The van der Waals surface area contributed by atoms with Crippen molar-refractivity contribution in [3.8, 4) is 16.9 Å². The van der Waals surface area contributed by atoms with Crippen LogP contribution in [0.2, 0.25) is 0 Å². The van der Waals surface area contributed by atoms with Gasteiger partial charge in [0.15, 0.2) is 6.61 Å². The monoisotopic (exact) mass is 258 g/mol. The summed E-state index contributed by atoms with van der Waals surface area (Å²) < 4.78 is 7.18. The van der Waals surface area contributed by atoms with Crippen LogP contribution in [0.4, 0.5) is 0 Å². The van der Waals surface area contributed by atoms with Crippen molar-refractivity contribution in [2.24, 2.45) is 7.05 Å². The van der Waals surface area contributed by atoms with Crippen LogP contribution >= 0.6 is 0 Å². The lowest BCUT2D eigenvalue weighted by atomic mass is 10.1. The summed E-state index contributed by atoms with van der Waals surface area (Å²) in [5, 5.41) is 4.12. The normalized spacial score (nSPS) is 10.3. The Bertz CT molecular complexity index is 576. The molecule has 1 amide bonds. The van der Waals surface area contributed by atoms with Gasteiger partial charge in [0.2, 0.25) is 0 Å². The number of benzene rings is 1. The van der Waals surface area contributed by atoms with Crippen molar-refractivity contribution < 1.29 is 9.53 Å². The first-order valence-electron chi connectivity index (χ1n) is 5.89. The summed E-state index contributed by atoms with van der Waals surface area (Å²) in [7, 11) is 5.26. The first kappa shape index (κ1) is 13.1. The molecule has 1 aromatic heterocycles. The molecule has 0 saturated carbocycles. The van der Waals surface area contributed by atoms with Crippen LogP contribution in [-0.4, -0.2) is 41.3 Å². The maximum atomic E-state index is 11.5. The maximum Gasteiger partial charge on any atom is 0.259 e. The van der Waals surface area contributed by atoms with Crippen molar-refractivity contribution >= 4 is 5.91 Å². The van der Waals surface area contributed by atoms with E-state index in [1.165, 1.54) is 4.90 Å². The number of aromatic nitrogens is 2. The summed E-state index contributed by atoms with van der Waals surface area (Å²) in [5.74, 6) is 0.545. The summed E-state index contributed by atoms with van der Waals surface area (Å²) in [6.45, 7) is 0.0251. The Morgan fingerprint density at radius 3 is 2.84 bits per heavy atom. The van der Waals surface area contributed by atoms with Crippen molar-refractivity contribution in [3.05, 3.63) is 36.7 Å². The van der Waals surface area contributed by atoms with Gasteiger partial charge in [0.1, 0.15) is 5.75 Å². The Balaban J connectivity index is 2.09. The minimum atomic E-state index is -0.0771. The smallest absolute Gasteiger partial charge is 0.259 e. The standard InChI is InChI=1S/C14H16N3O2/c1-16(2)14(18)10-19-13-6-4-5-11(7-13)12-8-15-17(3)9-12/h5-9H,10H2,1-3H3. The molecule has 0 aliphatic carbocycles. The molecule has 0 bridgehead atoms. The third-order valence-electron chi connectivity index (χ3n) is 2.66. The van der Waals surface area contributed by atoms with Crippen molar-refractivity contribution in [1.29, 1.82) is 0 Å². The highest BCUT2D eigenvalue weighted by Gasteiger charge is 2.06. The van der Waals surface area contributed by atoms with Crippen molar-refractivity contribution in [1.82, 2.24) is 14.7 Å². The molecule has 0 atom stereocenters. The summed E-state index contributed by atoms with van der Waals surface area (Å²) in [5.41, 5.74) is 1.95. The lowest BCUT2D eigenvalue weighted by molar-refractivity contribution is -0.130. The SMILES string of the molecule is CN(C)C(=O)COc1c[c]cc(-c2cnn(C)c2)c1. The molecular weight excluding hydrogens is 242 g/mol. The average Bonchev–Trinajstić information content (AvgIpc) is 2.83. The molecule has 0 saturated heterocycles. The number of ether oxygens (including phenoxy) is 1. The van der Waals surface area contributed by atoms with Gasteiger partial charge in [0, 0.05) is 32.9 Å². The second kappa shape index (κ2) is 5.56. The van der Waals surface area contributed by atoms with Gasteiger partial charge in [0.25, 0.3) is 5.91 Å². The molecule has 0 fully saturated rings. The van der Waals surface area contributed by atoms with Gasteiger partial charge in [0.05, 0.1) is 6.20 Å². The molecular formula is C14H16N3O2. The van der Waals surface area contributed by atoms with Gasteiger partial charge in [-0.1, -0.05) is 0 Å². The number of amides is 1. The van der Waals surface area contributed by atoms with E-state index in [9.17, 15) is 4.79 Å². The molecule has 0 aliphatic rings. The van der Waals surface area contributed by atoms with Crippen molar-refractivity contribution in [2.45, 2.75) is 0 Å². The summed E-state index contributed by atoms with van der Waals surface area (Å²) >= 11 is 0. The molecule has 0 unspecified atom stereocenters. The fraction of sp³-hybridized carbons (Fsp3) is 0.286. The van der Waals surface area contributed by atoms with Crippen LogP contribution in [0.15, 0.2) is 30.6 Å². The molecule has 99 valence electrons. The average molecular weight is 258 g/mol. The van der Waals surface area contributed by atoms with Crippen molar-refractivity contribution in [3.63, 3.8) is 0 Å². The van der Waals surface area contributed by atoms with Crippen LogP contribution in [0.5, 0.6) is 5.75 Å². The van der Waals surface area contributed by atoms with Gasteiger partial charge < -0.3 is 9.64 Å². The van der Waals surface area contributed by atoms with E-state index in [1.54, 1.807) is 31.0 Å². The first-order valence-corrected chi connectivity index (χ1v) is 5.89. The van der Waals surface area contributed by atoms with Crippen LogP contribution in [0, 0.1) is 6.07 Å². The Labute approximate surface area is 112 Å². The van der Waals surface area contributed by atoms with E-state index in [4.69, 9.17) is 4.74 Å². The highest BCUT2D eigenvalue weighted by atomic mass is 16.5. The van der Waals surface area contributed by atoms with E-state index in [2.05, 4.69) is 11.2 Å². The minimum Gasteiger partial charge on any atom is -0.484 e. The molecule has 0 aliphatic heterocycles.